The summed E-state index contributed by atoms with van der Waals surface area (Å²) in [5, 5.41) is 5.40. The molecule has 0 aromatic heterocycles. The zero-order valence-corrected chi connectivity index (χ0v) is 18.5. The Balaban J connectivity index is 1.49. The number of hydrogen-bond acceptors (Lipinski definition) is 5. The molecular formula is C22H26N2O4S2. The van der Waals surface area contributed by atoms with Crippen LogP contribution in [0, 0.1) is 0 Å². The van der Waals surface area contributed by atoms with E-state index in [0.29, 0.717) is 18.7 Å². The van der Waals surface area contributed by atoms with Crippen molar-refractivity contribution >= 4 is 39.1 Å². The van der Waals surface area contributed by atoms with Crippen LogP contribution in [-0.4, -0.2) is 37.8 Å². The van der Waals surface area contributed by atoms with Crippen molar-refractivity contribution < 1.29 is 18.0 Å². The zero-order chi connectivity index (χ0) is 21.6. The van der Waals surface area contributed by atoms with E-state index in [-0.39, 0.29) is 34.1 Å². The van der Waals surface area contributed by atoms with Crippen molar-refractivity contribution in [1.29, 1.82) is 0 Å². The van der Waals surface area contributed by atoms with Gasteiger partial charge in [-0.2, -0.15) is 0 Å². The summed E-state index contributed by atoms with van der Waals surface area (Å²) in [6.45, 7) is 2.45. The summed E-state index contributed by atoms with van der Waals surface area (Å²) < 4.78 is 25.3. The summed E-state index contributed by atoms with van der Waals surface area (Å²) in [5.41, 5.74) is 1.72. The molecule has 1 heterocycles. The van der Waals surface area contributed by atoms with Crippen LogP contribution in [0.3, 0.4) is 0 Å². The molecule has 0 saturated heterocycles. The highest BCUT2D eigenvalue weighted by Gasteiger charge is 2.27. The van der Waals surface area contributed by atoms with Crippen LogP contribution < -0.4 is 10.6 Å². The Labute approximate surface area is 181 Å². The predicted octanol–water partition coefficient (Wildman–Crippen LogP) is 3.42. The minimum atomic E-state index is -3.62. The number of amides is 2. The first-order valence-corrected chi connectivity index (χ1v) is 12.6. The van der Waals surface area contributed by atoms with E-state index >= 15 is 0 Å². The van der Waals surface area contributed by atoms with E-state index in [9.17, 15) is 18.0 Å². The number of fused-ring (bicyclic) bond motifs is 1. The number of benzene rings is 2. The third-order valence-electron chi connectivity index (χ3n) is 4.91. The highest BCUT2D eigenvalue weighted by molar-refractivity contribution is 8.01. The lowest BCUT2D eigenvalue weighted by molar-refractivity contribution is -0.120. The second kappa shape index (κ2) is 10.1. The summed E-state index contributed by atoms with van der Waals surface area (Å²) in [4.78, 5) is 25.1. The van der Waals surface area contributed by atoms with Crippen LogP contribution in [0.15, 0.2) is 58.3 Å². The molecular weight excluding hydrogens is 420 g/mol. The number of anilines is 1. The van der Waals surface area contributed by atoms with Crippen LogP contribution in [0.5, 0.6) is 0 Å². The number of aryl methyl sites for hydroxylation is 1. The van der Waals surface area contributed by atoms with Crippen molar-refractivity contribution in [2.75, 3.05) is 17.6 Å². The second-order valence-corrected chi connectivity index (χ2v) is 10.5. The maximum absolute atomic E-state index is 12.6. The first-order chi connectivity index (χ1) is 14.4. The second-order valence-electron chi connectivity index (χ2n) is 7.17. The summed E-state index contributed by atoms with van der Waals surface area (Å²) in [6.07, 6.45) is 2.26. The molecule has 0 fully saturated rings. The average Bonchev–Trinajstić information content (AvgIpc) is 2.75. The van der Waals surface area contributed by atoms with Crippen LogP contribution in [0.1, 0.15) is 31.7 Å². The molecule has 0 saturated carbocycles. The van der Waals surface area contributed by atoms with Gasteiger partial charge in [-0.3, -0.25) is 9.59 Å². The molecule has 0 aliphatic carbocycles. The largest absolute Gasteiger partial charge is 0.356 e. The quantitative estimate of drug-likeness (QED) is 0.576. The van der Waals surface area contributed by atoms with Gasteiger partial charge in [-0.05, 0) is 43.0 Å². The fourth-order valence-electron chi connectivity index (χ4n) is 3.19. The first-order valence-electron chi connectivity index (χ1n) is 10.0. The molecule has 0 bridgehead atoms. The molecule has 1 unspecified atom stereocenters. The van der Waals surface area contributed by atoms with Crippen molar-refractivity contribution in [3.05, 3.63) is 54.1 Å². The van der Waals surface area contributed by atoms with Crippen molar-refractivity contribution in [3.63, 3.8) is 0 Å². The fourth-order valence-corrected chi connectivity index (χ4v) is 5.48. The van der Waals surface area contributed by atoms with E-state index in [2.05, 4.69) is 10.6 Å². The van der Waals surface area contributed by atoms with E-state index in [1.165, 1.54) is 23.4 Å². The molecule has 0 spiro atoms. The van der Waals surface area contributed by atoms with Gasteiger partial charge < -0.3 is 10.6 Å². The molecule has 2 N–H and O–H groups in total. The van der Waals surface area contributed by atoms with Crippen LogP contribution in [0.2, 0.25) is 0 Å². The Hall–Kier alpha value is -2.32. The van der Waals surface area contributed by atoms with Crippen LogP contribution in [0.4, 0.5) is 5.69 Å². The lowest BCUT2D eigenvalue weighted by atomic mass is 10.1. The minimum absolute atomic E-state index is 0.0935. The standard InChI is InChI=1S/C22H26N2O4S2/c1-2-19-22(26)24-18-15-17(10-11-20(18)29-19)30(27,28)14-12-21(25)23-13-6-9-16-7-4-3-5-8-16/h3-5,7-8,10-11,15,19H,2,6,9,12-14H2,1H3,(H,23,25)(H,24,26). The number of rotatable bonds is 9. The fraction of sp³-hybridized carbons (Fsp3) is 0.364. The molecule has 1 aliphatic rings. The predicted molar refractivity (Wildman–Crippen MR) is 119 cm³/mol. The van der Waals surface area contributed by atoms with Crippen LogP contribution >= 0.6 is 11.8 Å². The third kappa shape index (κ3) is 5.86. The summed E-state index contributed by atoms with van der Waals surface area (Å²) in [6, 6.07) is 14.7. The molecule has 0 radical (unpaired) electrons. The number of hydrogen-bond donors (Lipinski definition) is 2. The number of nitrogens with one attached hydrogen (secondary N) is 2. The molecule has 1 atom stereocenters. The number of sulfone groups is 1. The summed E-state index contributed by atoms with van der Waals surface area (Å²) >= 11 is 1.44. The Morgan fingerprint density at radius 2 is 1.93 bits per heavy atom. The van der Waals surface area contributed by atoms with Crippen molar-refractivity contribution in [3.8, 4) is 0 Å². The van der Waals surface area contributed by atoms with E-state index in [1.54, 1.807) is 12.1 Å². The highest BCUT2D eigenvalue weighted by atomic mass is 32.2. The summed E-state index contributed by atoms with van der Waals surface area (Å²) in [5.74, 6) is -0.659. The van der Waals surface area contributed by atoms with Gasteiger partial charge in [0, 0.05) is 17.9 Å². The molecule has 8 heteroatoms. The molecule has 2 aromatic rings. The lowest BCUT2D eigenvalue weighted by Crippen LogP contribution is -2.28. The van der Waals surface area contributed by atoms with E-state index < -0.39 is 9.84 Å². The van der Waals surface area contributed by atoms with Crippen LogP contribution in [-0.2, 0) is 25.8 Å². The van der Waals surface area contributed by atoms with Gasteiger partial charge in [-0.1, -0.05) is 37.3 Å². The van der Waals surface area contributed by atoms with Gasteiger partial charge in [0.05, 0.1) is 21.6 Å². The Morgan fingerprint density at radius 3 is 2.67 bits per heavy atom. The van der Waals surface area contributed by atoms with Gasteiger partial charge in [-0.25, -0.2) is 8.42 Å². The van der Waals surface area contributed by atoms with Crippen LogP contribution in [0.25, 0.3) is 0 Å². The first kappa shape index (κ1) is 22.4. The average molecular weight is 447 g/mol. The maximum Gasteiger partial charge on any atom is 0.237 e. The molecule has 6 nitrogen and oxygen atoms in total. The molecule has 2 aromatic carbocycles. The normalized spacial score (nSPS) is 15.9. The smallest absolute Gasteiger partial charge is 0.237 e. The van der Waals surface area contributed by atoms with E-state index in [1.807, 2.05) is 37.3 Å². The Morgan fingerprint density at radius 1 is 1.17 bits per heavy atom. The SMILES string of the molecule is CCC1Sc2ccc(S(=O)(=O)CCC(=O)NCCCc3ccccc3)cc2NC1=O. The van der Waals surface area contributed by atoms with Crippen molar-refractivity contribution in [1.82, 2.24) is 5.32 Å². The van der Waals surface area contributed by atoms with Gasteiger partial charge in [0.15, 0.2) is 9.84 Å². The third-order valence-corrected chi connectivity index (χ3v) is 8.06. The van der Waals surface area contributed by atoms with Crippen molar-refractivity contribution in [2.24, 2.45) is 0 Å². The minimum Gasteiger partial charge on any atom is -0.356 e. The zero-order valence-electron chi connectivity index (χ0n) is 16.9. The molecule has 2 amide bonds. The number of carbonyl (C=O) groups excluding carboxylic acids is 2. The molecule has 3 rings (SSSR count). The Bertz CT molecular complexity index is 1010. The monoisotopic (exact) mass is 446 g/mol. The maximum atomic E-state index is 12.6. The van der Waals surface area contributed by atoms with Gasteiger partial charge in [0.25, 0.3) is 0 Å². The van der Waals surface area contributed by atoms with Crippen molar-refractivity contribution in [2.45, 2.75) is 47.6 Å². The van der Waals surface area contributed by atoms with Gasteiger partial charge in [0.2, 0.25) is 11.8 Å². The molecule has 30 heavy (non-hydrogen) atoms. The number of carbonyl (C=O) groups is 2. The topological polar surface area (TPSA) is 92.3 Å². The van der Waals surface area contributed by atoms with Gasteiger partial charge in [-0.15, -0.1) is 11.8 Å². The van der Waals surface area contributed by atoms with Gasteiger partial charge in [0.1, 0.15) is 0 Å². The Kier molecular flexibility index (Phi) is 7.55. The van der Waals surface area contributed by atoms with E-state index in [0.717, 1.165) is 17.7 Å². The number of thioether (sulfide) groups is 1. The molecule has 160 valence electrons. The summed E-state index contributed by atoms with van der Waals surface area (Å²) in [7, 11) is -3.62. The van der Waals surface area contributed by atoms with E-state index in [4.69, 9.17) is 0 Å². The molecule has 1 aliphatic heterocycles. The van der Waals surface area contributed by atoms with Gasteiger partial charge >= 0.3 is 0 Å². The highest BCUT2D eigenvalue weighted by Crippen LogP contribution is 2.38. The lowest BCUT2D eigenvalue weighted by Gasteiger charge is -2.23.